The Labute approximate surface area is 80.8 Å². The number of methoxy groups -OCH3 is 1. The average molecular weight is 284 g/mol. The molecule has 0 heterocycles. The van der Waals surface area contributed by atoms with Crippen LogP contribution in [0.4, 0.5) is 4.39 Å². The maximum absolute atomic E-state index is 13.0. The van der Waals surface area contributed by atoms with Crippen molar-refractivity contribution in [3.05, 3.63) is 26.9 Å². The van der Waals surface area contributed by atoms with Crippen LogP contribution in [-0.4, -0.2) is 7.11 Å². The summed E-state index contributed by atoms with van der Waals surface area (Å²) in [6.45, 7) is 0. The molecule has 0 fully saturated rings. The summed E-state index contributed by atoms with van der Waals surface area (Å²) in [5.41, 5.74) is 0. The van der Waals surface area contributed by atoms with E-state index in [1.165, 1.54) is 7.11 Å². The third-order valence-corrected chi connectivity index (χ3v) is 2.21. The molecular weight excluding hydrogens is 279 g/mol. The van der Waals surface area contributed by atoms with Crippen molar-refractivity contribution in [1.29, 1.82) is 0 Å². The van der Waals surface area contributed by atoms with Crippen molar-refractivity contribution in [3.8, 4) is 5.75 Å². The maximum Gasteiger partial charge on any atom is 0.179 e. The summed E-state index contributed by atoms with van der Waals surface area (Å²) in [6, 6.07) is 3.19. The Hall–Kier alpha value is -0.0900. The second-order valence-electron chi connectivity index (χ2n) is 1.90. The fourth-order valence-electron chi connectivity index (χ4n) is 0.681. The molecule has 0 radical (unpaired) electrons. The Morgan fingerprint density at radius 2 is 2.00 bits per heavy atom. The van der Waals surface area contributed by atoms with Gasteiger partial charge < -0.3 is 4.74 Å². The second-order valence-corrected chi connectivity index (χ2v) is 3.67. The van der Waals surface area contributed by atoms with Crippen LogP contribution in [0.25, 0.3) is 0 Å². The summed E-state index contributed by atoms with van der Waals surface area (Å²) in [6.07, 6.45) is 0. The molecule has 4 heteroatoms. The van der Waals surface area contributed by atoms with E-state index in [1.54, 1.807) is 12.1 Å². The van der Waals surface area contributed by atoms with E-state index in [1.807, 2.05) is 0 Å². The highest BCUT2D eigenvalue weighted by molar-refractivity contribution is 9.11. The molecule has 0 bridgehead atoms. The average Bonchev–Trinajstić information content (AvgIpc) is 1.96. The molecule has 11 heavy (non-hydrogen) atoms. The fraction of sp³-hybridized carbons (Fsp3) is 0.143. The van der Waals surface area contributed by atoms with Crippen LogP contribution in [0.5, 0.6) is 5.75 Å². The van der Waals surface area contributed by atoms with Gasteiger partial charge in [-0.3, -0.25) is 0 Å². The SMILES string of the molecule is COc1cc(Br)cc(Br)c1F. The van der Waals surface area contributed by atoms with Crippen LogP contribution in [0.1, 0.15) is 0 Å². The molecule has 0 aliphatic rings. The Bertz CT molecular complexity index is 275. The van der Waals surface area contributed by atoms with Crippen molar-refractivity contribution in [2.75, 3.05) is 7.11 Å². The molecule has 1 aromatic rings. The van der Waals surface area contributed by atoms with Gasteiger partial charge in [0.25, 0.3) is 0 Å². The van der Waals surface area contributed by atoms with E-state index in [4.69, 9.17) is 4.74 Å². The van der Waals surface area contributed by atoms with Gasteiger partial charge in [0, 0.05) is 4.47 Å². The van der Waals surface area contributed by atoms with Gasteiger partial charge in [0.05, 0.1) is 11.6 Å². The third-order valence-electron chi connectivity index (χ3n) is 1.18. The molecular formula is C7H5Br2FO. The Morgan fingerprint density at radius 3 is 2.55 bits per heavy atom. The number of ether oxygens (including phenoxy) is 1. The standard InChI is InChI=1S/C7H5Br2FO/c1-11-6-3-4(8)2-5(9)7(6)10/h2-3H,1H3. The lowest BCUT2D eigenvalue weighted by Gasteiger charge is -2.03. The second kappa shape index (κ2) is 3.54. The number of benzene rings is 1. The van der Waals surface area contributed by atoms with E-state index in [0.717, 1.165) is 4.47 Å². The summed E-state index contributed by atoms with van der Waals surface area (Å²) in [5.74, 6) is -0.151. The van der Waals surface area contributed by atoms with E-state index >= 15 is 0 Å². The maximum atomic E-state index is 13.0. The van der Waals surface area contributed by atoms with Crippen LogP contribution in [0.2, 0.25) is 0 Å². The van der Waals surface area contributed by atoms with Gasteiger partial charge in [-0.05, 0) is 28.1 Å². The molecule has 0 saturated heterocycles. The molecule has 0 N–H and O–H groups in total. The van der Waals surface area contributed by atoms with Crippen molar-refractivity contribution in [2.45, 2.75) is 0 Å². The molecule has 60 valence electrons. The van der Waals surface area contributed by atoms with Crippen LogP contribution in [0, 0.1) is 5.82 Å². The third kappa shape index (κ3) is 1.93. The topological polar surface area (TPSA) is 9.23 Å². The van der Waals surface area contributed by atoms with E-state index in [9.17, 15) is 4.39 Å². The van der Waals surface area contributed by atoms with E-state index < -0.39 is 0 Å². The van der Waals surface area contributed by atoms with Crippen LogP contribution in [0.3, 0.4) is 0 Å². The largest absolute Gasteiger partial charge is 0.494 e. The number of rotatable bonds is 1. The number of hydrogen-bond acceptors (Lipinski definition) is 1. The zero-order valence-electron chi connectivity index (χ0n) is 5.70. The van der Waals surface area contributed by atoms with Gasteiger partial charge in [0.2, 0.25) is 0 Å². The first-order valence-corrected chi connectivity index (χ1v) is 4.42. The van der Waals surface area contributed by atoms with Gasteiger partial charge in [-0.15, -0.1) is 0 Å². The van der Waals surface area contributed by atoms with Crippen molar-refractivity contribution >= 4 is 31.9 Å². The van der Waals surface area contributed by atoms with E-state index in [-0.39, 0.29) is 11.6 Å². The van der Waals surface area contributed by atoms with Gasteiger partial charge in [-0.1, -0.05) is 15.9 Å². The van der Waals surface area contributed by atoms with Gasteiger partial charge >= 0.3 is 0 Å². The number of halogens is 3. The van der Waals surface area contributed by atoms with Crippen LogP contribution in [-0.2, 0) is 0 Å². The van der Waals surface area contributed by atoms with Crippen molar-refractivity contribution in [1.82, 2.24) is 0 Å². The first-order chi connectivity index (χ1) is 5.15. The van der Waals surface area contributed by atoms with Gasteiger partial charge in [0.15, 0.2) is 11.6 Å². The Balaban J connectivity index is 3.24. The van der Waals surface area contributed by atoms with Gasteiger partial charge in [-0.25, -0.2) is 4.39 Å². The summed E-state index contributed by atoms with van der Waals surface area (Å²) < 4.78 is 18.9. The number of hydrogen-bond donors (Lipinski definition) is 0. The lowest BCUT2D eigenvalue weighted by atomic mass is 10.3. The summed E-state index contributed by atoms with van der Waals surface area (Å²) in [4.78, 5) is 0. The smallest absolute Gasteiger partial charge is 0.179 e. The predicted octanol–water partition coefficient (Wildman–Crippen LogP) is 3.36. The first-order valence-electron chi connectivity index (χ1n) is 2.83. The van der Waals surface area contributed by atoms with Crippen LogP contribution in [0.15, 0.2) is 21.1 Å². The van der Waals surface area contributed by atoms with Crippen molar-refractivity contribution in [2.24, 2.45) is 0 Å². The normalized spacial score (nSPS) is 9.82. The zero-order chi connectivity index (χ0) is 8.43. The molecule has 0 amide bonds. The zero-order valence-corrected chi connectivity index (χ0v) is 8.87. The summed E-state index contributed by atoms with van der Waals surface area (Å²) >= 11 is 6.26. The molecule has 0 unspecified atom stereocenters. The molecule has 0 atom stereocenters. The van der Waals surface area contributed by atoms with E-state index in [0.29, 0.717) is 4.47 Å². The molecule has 0 spiro atoms. The molecule has 1 rings (SSSR count). The minimum Gasteiger partial charge on any atom is -0.494 e. The first kappa shape index (κ1) is 9.00. The molecule has 1 nitrogen and oxygen atoms in total. The highest BCUT2D eigenvalue weighted by Gasteiger charge is 2.07. The monoisotopic (exact) mass is 282 g/mol. The predicted molar refractivity (Wildman–Crippen MR) is 48.4 cm³/mol. The summed E-state index contributed by atoms with van der Waals surface area (Å²) in [5, 5.41) is 0. The van der Waals surface area contributed by atoms with Crippen LogP contribution >= 0.6 is 31.9 Å². The molecule has 0 saturated carbocycles. The Kier molecular flexibility index (Phi) is 2.90. The fourth-order valence-corrected chi connectivity index (χ4v) is 1.87. The molecule has 0 aliphatic heterocycles. The highest BCUT2D eigenvalue weighted by Crippen LogP contribution is 2.29. The van der Waals surface area contributed by atoms with E-state index in [2.05, 4.69) is 31.9 Å². The quantitative estimate of drug-likeness (QED) is 0.718. The van der Waals surface area contributed by atoms with Crippen molar-refractivity contribution in [3.63, 3.8) is 0 Å². The molecule has 0 aromatic heterocycles. The molecule has 1 aromatic carbocycles. The summed E-state index contributed by atoms with van der Waals surface area (Å²) in [7, 11) is 1.43. The van der Waals surface area contributed by atoms with Gasteiger partial charge in [-0.2, -0.15) is 0 Å². The lowest BCUT2D eigenvalue weighted by Crippen LogP contribution is -1.88. The Morgan fingerprint density at radius 1 is 1.36 bits per heavy atom. The van der Waals surface area contributed by atoms with Gasteiger partial charge in [0.1, 0.15) is 0 Å². The van der Waals surface area contributed by atoms with Crippen molar-refractivity contribution < 1.29 is 9.13 Å². The molecule has 0 aliphatic carbocycles. The lowest BCUT2D eigenvalue weighted by molar-refractivity contribution is 0.385. The minimum absolute atomic E-state index is 0.228. The van der Waals surface area contributed by atoms with Crippen LogP contribution < -0.4 is 4.74 Å². The minimum atomic E-state index is -0.379. The highest BCUT2D eigenvalue weighted by atomic mass is 79.9.